The number of rotatable bonds is 3. The maximum absolute atomic E-state index is 13.1. The molecule has 0 aliphatic carbocycles. The Morgan fingerprint density at radius 1 is 1.11 bits per heavy atom. The lowest BCUT2D eigenvalue weighted by atomic mass is 9.78. The highest BCUT2D eigenvalue weighted by Crippen LogP contribution is 2.38. The largest absolute Gasteiger partial charge is 0.457 e. The van der Waals surface area contributed by atoms with Crippen LogP contribution in [0.4, 0.5) is 4.39 Å². The quantitative estimate of drug-likeness (QED) is 0.760. The average Bonchev–Trinajstić information content (AvgIpc) is 3.13. The number of amides is 1. The van der Waals surface area contributed by atoms with Crippen LogP contribution in [0, 0.1) is 11.2 Å². The lowest BCUT2D eigenvalue weighted by Crippen LogP contribution is -2.44. The van der Waals surface area contributed by atoms with Crippen LogP contribution >= 0.6 is 24.0 Å². The highest BCUT2D eigenvalue weighted by Gasteiger charge is 2.38. The van der Waals surface area contributed by atoms with Gasteiger partial charge in [-0.25, -0.2) is 4.39 Å². The fraction of sp³-hybridized carbons (Fsp3) is 0.381. The average molecular weight is 425 g/mol. The Hall–Kier alpha value is -1.82. The molecule has 2 aliphatic heterocycles. The summed E-state index contributed by atoms with van der Waals surface area (Å²) in [5, 5.41) is 3.92. The molecule has 2 aromatic carbocycles. The zero-order valence-electron chi connectivity index (χ0n) is 15.4. The summed E-state index contributed by atoms with van der Waals surface area (Å²) < 4.78 is 19.0. The van der Waals surface area contributed by atoms with Crippen LogP contribution in [0.3, 0.4) is 0 Å². The number of piperidine rings is 1. The van der Waals surface area contributed by atoms with E-state index in [2.05, 4.69) is 5.32 Å². The molecule has 2 saturated heterocycles. The summed E-state index contributed by atoms with van der Waals surface area (Å²) in [5.41, 5.74) is 0.783. The Kier molecular flexibility index (Phi) is 6.48. The molecule has 4 rings (SSSR count). The van der Waals surface area contributed by atoms with Crippen LogP contribution < -0.4 is 10.1 Å². The number of carbonyl (C=O) groups is 1. The molecule has 7 heteroatoms. The number of hydrogen-bond acceptors (Lipinski definition) is 3. The number of ether oxygens (including phenoxy) is 1. The lowest BCUT2D eigenvalue weighted by Gasteiger charge is -2.39. The van der Waals surface area contributed by atoms with Crippen molar-refractivity contribution >= 4 is 29.9 Å². The summed E-state index contributed by atoms with van der Waals surface area (Å²) in [6.45, 7) is 3.59. The molecule has 150 valence electrons. The van der Waals surface area contributed by atoms with Gasteiger partial charge < -0.3 is 15.0 Å². The molecule has 2 fully saturated rings. The summed E-state index contributed by atoms with van der Waals surface area (Å²) in [4.78, 5) is 15.0. The Morgan fingerprint density at radius 3 is 2.46 bits per heavy atom. The van der Waals surface area contributed by atoms with Crippen molar-refractivity contribution in [1.29, 1.82) is 0 Å². The fourth-order valence-corrected chi connectivity index (χ4v) is 4.14. The molecule has 2 aromatic rings. The van der Waals surface area contributed by atoms with Crippen molar-refractivity contribution in [2.45, 2.75) is 19.3 Å². The van der Waals surface area contributed by atoms with Crippen molar-refractivity contribution in [3.63, 3.8) is 0 Å². The van der Waals surface area contributed by atoms with Crippen molar-refractivity contribution in [2.75, 3.05) is 26.2 Å². The van der Waals surface area contributed by atoms with Crippen LogP contribution in [-0.2, 0) is 0 Å². The SMILES string of the molecule is Cl.O=C(c1cc(Cl)ccc1Oc1ccc(F)cc1)N1CCC2(CCNC2)CC1. The molecule has 4 nitrogen and oxygen atoms in total. The Bertz CT molecular complexity index is 829. The summed E-state index contributed by atoms with van der Waals surface area (Å²) in [6.07, 6.45) is 3.21. The van der Waals surface area contributed by atoms with Gasteiger partial charge in [0.1, 0.15) is 17.3 Å². The van der Waals surface area contributed by atoms with E-state index in [4.69, 9.17) is 16.3 Å². The van der Waals surface area contributed by atoms with E-state index in [-0.39, 0.29) is 24.1 Å². The van der Waals surface area contributed by atoms with E-state index < -0.39 is 0 Å². The number of likely N-dealkylation sites (tertiary alicyclic amines) is 1. The van der Waals surface area contributed by atoms with E-state index in [0.717, 1.165) is 39.0 Å². The number of hydrogen-bond donors (Lipinski definition) is 1. The topological polar surface area (TPSA) is 41.6 Å². The van der Waals surface area contributed by atoms with Crippen molar-refractivity contribution < 1.29 is 13.9 Å². The van der Waals surface area contributed by atoms with Gasteiger partial charge in [0.25, 0.3) is 5.91 Å². The van der Waals surface area contributed by atoms with Crippen LogP contribution in [0.15, 0.2) is 42.5 Å². The zero-order valence-corrected chi connectivity index (χ0v) is 17.0. The Balaban J connectivity index is 0.00000225. The van der Waals surface area contributed by atoms with Gasteiger partial charge in [-0.05, 0) is 73.7 Å². The molecule has 1 amide bonds. The van der Waals surface area contributed by atoms with Gasteiger partial charge in [0.05, 0.1) is 5.56 Å². The fourth-order valence-electron chi connectivity index (χ4n) is 3.96. The van der Waals surface area contributed by atoms with Crippen molar-refractivity contribution in [3.05, 3.63) is 58.9 Å². The molecule has 1 N–H and O–H groups in total. The number of nitrogens with zero attached hydrogens (tertiary/aromatic N) is 1. The molecule has 0 unspecified atom stereocenters. The predicted octanol–water partition coefficient (Wildman–Crippen LogP) is 4.91. The number of nitrogens with one attached hydrogen (secondary N) is 1. The molecule has 0 atom stereocenters. The van der Waals surface area contributed by atoms with Gasteiger partial charge in [-0.15, -0.1) is 12.4 Å². The van der Waals surface area contributed by atoms with E-state index in [9.17, 15) is 9.18 Å². The molecule has 1 spiro atoms. The molecule has 0 radical (unpaired) electrons. The van der Waals surface area contributed by atoms with Gasteiger partial charge in [-0.3, -0.25) is 4.79 Å². The molecule has 0 bridgehead atoms. The van der Waals surface area contributed by atoms with Crippen LogP contribution in [0.2, 0.25) is 5.02 Å². The molecule has 2 aliphatic rings. The maximum Gasteiger partial charge on any atom is 0.257 e. The van der Waals surface area contributed by atoms with Gasteiger partial charge in [0.15, 0.2) is 0 Å². The van der Waals surface area contributed by atoms with Crippen molar-refractivity contribution in [2.24, 2.45) is 5.41 Å². The van der Waals surface area contributed by atoms with Crippen molar-refractivity contribution in [3.8, 4) is 11.5 Å². The van der Waals surface area contributed by atoms with Gasteiger partial charge in [-0.2, -0.15) is 0 Å². The first kappa shape index (κ1) is 20.9. The van der Waals surface area contributed by atoms with Gasteiger partial charge >= 0.3 is 0 Å². The summed E-state index contributed by atoms with van der Waals surface area (Å²) >= 11 is 6.14. The molecule has 28 heavy (non-hydrogen) atoms. The highest BCUT2D eigenvalue weighted by atomic mass is 35.5. The Labute approximate surface area is 175 Å². The van der Waals surface area contributed by atoms with E-state index >= 15 is 0 Å². The van der Waals surface area contributed by atoms with Crippen LogP contribution in [0.1, 0.15) is 29.6 Å². The number of benzene rings is 2. The van der Waals surface area contributed by atoms with E-state index in [1.54, 1.807) is 18.2 Å². The van der Waals surface area contributed by atoms with E-state index in [1.165, 1.54) is 30.7 Å². The zero-order chi connectivity index (χ0) is 18.9. The smallest absolute Gasteiger partial charge is 0.257 e. The van der Waals surface area contributed by atoms with Crippen LogP contribution in [-0.4, -0.2) is 37.0 Å². The third-order valence-corrected chi connectivity index (χ3v) is 5.89. The number of halogens is 3. The first-order valence-electron chi connectivity index (χ1n) is 9.28. The van der Waals surface area contributed by atoms with Gasteiger partial charge in [0, 0.05) is 24.7 Å². The Morgan fingerprint density at radius 2 is 1.82 bits per heavy atom. The lowest BCUT2D eigenvalue weighted by molar-refractivity contribution is 0.0605. The molecule has 0 aromatic heterocycles. The first-order valence-corrected chi connectivity index (χ1v) is 9.66. The second-order valence-corrected chi connectivity index (χ2v) is 7.85. The second-order valence-electron chi connectivity index (χ2n) is 7.42. The summed E-state index contributed by atoms with van der Waals surface area (Å²) in [5.74, 6) is 0.495. The highest BCUT2D eigenvalue weighted by molar-refractivity contribution is 6.31. The second kappa shape index (κ2) is 8.68. The first-order chi connectivity index (χ1) is 13.0. The standard InChI is InChI=1S/C21H22ClFN2O2.ClH/c22-15-1-6-19(27-17-4-2-16(23)3-5-17)18(13-15)20(26)25-11-8-21(9-12-25)7-10-24-14-21;/h1-6,13,24H,7-12,14H2;1H. The van der Waals surface area contributed by atoms with Gasteiger partial charge in [-0.1, -0.05) is 11.6 Å². The summed E-state index contributed by atoms with van der Waals surface area (Å²) in [7, 11) is 0. The molecule has 0 saturated carbocycles. The normalized spacial score (nSPS) is 18.0. The molecular weight excluding hydrogens is 402 g/mol. The molecular formula is C21H23Cl2FN2O2. The predicted molar refractivity (Wildman–Crippen MR) is 110 cm³/mol. The minimum Gasteiger partial charge on any atom is -0.457 e. The van der Waals surface area contributed by atoms with Crippen LogP contribution in [0.5, 0.6) is 11.5 Å². The third-order valence-electron chi connectivity index (χ3n) is 5.66. The minimum atomic E-state index is -0.335. The van der Waals surface area contributed by atoms with E-state index in [0.29, 0.717) is 27.5 Å². The van der Waals surface area contributed by atoms with Gasteiger partial charge in [0.2, 0.25) is 0 Å². The monoisotopic (exact) mass is 424 g/mol. The van der Waals surface area contributed by atoms with E-state index in [1.807, 2.05) is 4.90 Å². The molecule has 2 heterocycles. The summed E-state index contributed by atoms with van der Waals surface area (Å²) in [6, 6.07) is 10.7. The third kappa shape index (κ3) is 4.43. The number of carbonyl (C=O) groups excluding carboxylic acids is 1. The van der Waals surface area contributed by atoms with Crippen molar-refractivity contribution in [1.82, 2.24) is 10.2 Å². The minimum absolute atomic E-state index is 0. The van der Waals surface area contributed by atoms with Crippen LogP contribution in [0.25, 0.3) is 0 Å². The maximum atomic E-state index is 13.1.